The second kappa shape index (κ2) is 4.12. The van der Waals surface area contributed by atoms with E-state index in [1.54, 1.807) is 9.12 Å². The van der Waals surface area contributed by atoms with Crippen molar-refractivity contribution < 1.29 is 5.11 Å². The number of aliphatic hydroxyl groups is 1. The molecule has 0 bridgehead atoms. The van der Waals surface area contributed by atoms with Gasteiger partial charge in [0.05, 0.1) is 12.1 Å². The molecule has 1 heterocycles. The van der Waals surface area contributed by atoms with Gasteiger partial charge in [-0.3, -0.25) is 3.97 Å². The van der Waals surface area contributed by atoms with E-state index in [0.29, 0.717) is 0 Å². The van der Waals surface area contributed by atoms with Gasteiger partial charge < -0.3 is 5.11 Å². The third-order valence-electron chi connectivity index (χ3n) is 2.31. The number of hydrogen-bond acceptors (Lipinski definition) is 2. The fraction of sp³-hybridized carbons (Fsp3) is 0.200. The first-order valence-corrected chi connectivity index (χ1v) is 7.59. The molecule has 2 nitrogen and oxygen atoms in total. The molecule has 0 atom stereocenters. The molecule has 2 rings (SSSR count). The Bertz CT molecular complexity index is 466. The van der Waals surface area contributed by atoms with E-state index < -0.39 is 0 Å². The number of rotatable bonds is 2. The van der Waals surface area contributed by atoms with Crippen LogP contribution in [0, 0.1) is 6.92 Å². The molecule has 0 aliphatic rings. The van der Waals surface area contributed by atoms with E-state index in [2.05, 4.69) is 44.2 Å². The Balaban J connectivity index is 2.79. The molecular weight excluding hydrogens is 309 g/mol. The van der Waals surface area contributed by atoms with E-state index in [0.717, 1.165) is 10.9 Å². The second-order valence-corrected chi connectivity index (χ2v) is 4.84. The normalized spacial score (nSPS) is 11.1. The number of aromatic nitrogens is 1. The fourth-order valence-electron chi connectivity index (χ4n) is 1.63. The molecule has 0 amide bonds. The SMILES string of the molecule is Cc1cc2c(CO)cccc2n1SI. The summed E-state index contributed by atoms with van der Waals surface area (Å²) in [6.07, 6.45) is 0. The molecule has 2 aromatic rings. The average Bonchev–Trinajstić information content (AvgIpc) is 2.52. The van der Waals surface area contributed by atoms with E-state index in [4.69, 9.17) is 0 Å². The van der Waals surface area contributed by atoms with Gasteiger partial charge in [0.25, 0.3) is 0 Å². The van der Waals surface area contributed by atoms with Gasteiger partial charge in [-0.15, -0.1) is 0 Å². The number of fused-ring (bicyclic) bond motifs is 1. The van der Waals surface area contributed by atoms with Crippen LogP contribution in [0.5, 0.6) is 0 Å². The lowest BCUT2D eigenvalue weighted by atomic mass is 10.1. The lowest BCUT2D eigenvalue weighted by molar-refractivity contribution is 0.283. The highest BCUT2D eigenvalue weighted by Gasteiger charge is 2.07. The summed E-state index contributed by atoms with van der Waals surface area (Å²) in [6, 6.07) is 8.14. The lowest BCUT2D eigenvalue weighted by Gasteiger charge is -2.02. The fourth-order valence-corrected chi connectivity index (χ4v) is 3.59. The maximum absolute atomic E-state index is 9.19. The van der Waals surface area contributed by atoms with Crippen molar-refractivity contribution in [2.75, 3.05) is 0 Å². The van der Waals surface area contributed by atoms with Crippen LogP contribution in [-0.4, -0.2) is 9.08 Å². The Labute approximate surface area is 99.0 Å². The summed E-state index contributed by atoms with van der Waals surface area (Å²) in [7, 11) is 1.66. The molecule has 1 aromatic heterocycles. The van der Waals surface area contributed by atoms with Crippen LogP contribution < -0.4 is 0 Å². The number of hydrogen-bond donors (Lipinski definition) is 1. The molecule has 4 heteroatoms. The minimum Gasteiger partial charge on any atom is -0.392 e. The van der Waals surface area contributed by atoms with Crippen LogP contribution in [0.1, 0.15) is 11.3 Å². The topological polar surface area (TPSA) is 25.2 Å². The summed E-state index contributed by atoms with van der Waals surface area (Å²) in [4.78, 5) is 0. The summed E-state index contributed by atoms with van der Waals surface area (Å²) in [5.41, 5.74) is 3.38. The number of benzene rings is 1. The zero-order chi connectivity index (χ0) is 10.1. The molecule has 14 heavy (non-hydrogen) atoms. The summed E-state index contributed by atoms with van der Waals surface area (Å²) in [5, 5.41) is 10.3. The van der Waals surface area contributed by atoms with Crippen molar-refractivity contribution in [3.05, 3.63) is 35.5 Å². The van der Waals surface area contributed by atoms with Crippen molar-refractivity contribution in [2.24, 2.45) is 0 Å². The van der Waals surface area contributed by atoms with Crippen molar-refractivity contribution in [2.45, 2.75) is 13.5 Å². The maximum Gasteiger partial charge on any atom is 0.0688 e. The van der Waals surface area contributed by atoms with E-state index in [-0.39, 0.29) is 6.61 Å². The zero-order valence-corrected chi connectivity index (χ0v) is 10.7. The Kier molecular flexibility index (Phi) is 3.04. The number of aliphatic hydroxyl groups excluding tert-OH is 1. The largest absolute Gasteiger partial charge is 0.392 e. The van der Waals surface area contributed by atoms with Crippen molar-refractivity contribution in [3.8, 4) is 0 Å². The van der Waals surface area contributed by atoms with Crippen LogP contribution in [0.15, 0.2) is 24.3 Å². The molecule has 1 aromatic carbocycles. The highest BCUT2D eigenvalue weighted by molar-refractivity contribution is 14.2. The van der Waals surface area contributed by atoms with Crippen LogP contribution in [0.25, 0.3) is 10.9 Å². The Hall–Kier alpha value is -0.200. The minimum atomic E-state index is 0.104. The Morgan fingerprint density at radius 1 is 1.50 bits per heavy atom. The van der Waals surface area contributed by atoms with Crippen molar-refractivity contribution in [1.82, 2.24) is 3.97 Å². The molecule has 0 fully saturated rings. The van der Waals surface area contributed by atoms with E-state index in [1.807, 2.05) is 12.1 Å². The third-order valence-corrected chi connectivity index (χ3v) is 4.11. The van der Waals surface area contributed by atoms with Gasteiger partial charge in [0.1, 0.15) is 0 Å². The van der Waals surface area contributed by atoms with Gasteiger partial charge >= 0.3 is 0 Å². The van der Waals surface area contributed by atoms with Gasteiger partial charge in [-0.05, 0) is 24.6 Å². The standard InChI is InChI=1S/C10H10INOS/c1-7-5-9-8(6-13)3-2-4-10(9)12(7)14-11/h2-5,13H,6H2,1H3. The Morgan fingerprint density at radius 3 is 2.93 bits per heavy atom. The first kappa shape index (κ1) is 10.3. The minimum absolute atomic E-state index is 0.104. The van der Waals surface area contributed by atoms with Crippen LogP contribution >= 0.6 is 30.3 Å². The molecule has 0 saturated carbocycles. The van der Waals surface area contributed by atoms with Crippen molar-refractivity contribution in [3.63, 3.8) is 0 Å². The Morgan fingerprint density at radius 2 is 2.29 bits per heavy atom. The molecule has 0 radical (unpaired) electrons. The van der Waals surface area contributed by atoms with Gasteiger partial charge in [-0.25, -0.2) is 0 Å². The quantitative estimate of drug-likeness (QED) is 0.860. The number of nitrogens with zero attached hydrogens (tertiary/aromatic N) is 1. The van der Waals surface area contributed by atoms with Crippen molar-refractivity contribution in [1.29, 1.82) is 0 Å². The molecule has 1 N–H and O–H groups in total. The predicted molar refractivity (Wildman–Crippen MR) is 69.6 cm³/mol. The first-order valence-electron chi connectivity index (χ1n) is 4.28. The van der Waals surface area contributed by atoms with Gasteiger partial charge in [0.15, 0.2) is 0 Å². The lowest BCUT2D eigenvalue weighted by Crippen LogP contribution is -1.86. The smallest absolute Gasteiger partial charge is 0.0688 e. The monoisotopic (exact) mass is 319 g/mol. The zero-order valence-electron chi connectivity index (χ0n) is 7.70. The first-order chi connectivity index (χ1) is 6.77. The van der Waals surface area contributed by atoms with Crippen LogP contribution in [0.4, 0.5) is 0 Å². The molecule has 0 unspecified atom stereocenters. The van der Waals surface area contributed by atoms with Gasteiger partial charge in [-0.1, -0.05) is 12.1 Å². The van der Waals surface area contributed by atoms with Crippen molar-refractivity contribution >= 4 is 41.2 Å². The summed E-state index contributed by atoms with van der Waals surface area (Å²) < 4.78 is 2.16. The summed E-state index contributed by atoms with van der Waals surface area (Å²) in [6.45, 7) is 2.18. The molecule has 0 aliphatic carbocycles. The molecular formula is C10H10INOS. The van der Waals surface area contributed by atoms with E-state index in [1.165, 1.54) is 11.2 Å². The highest BCUT2D eigenvalue weighted by atomic mass is 127. The number of halogens is 1. The van der Waals surface area contributed by atoms with Crippen LogP contribution in [0.2, 0.25) is 0 Å². The van der Waals surface area contributed by atoms with Crippen LogP contribution in [0.3, 0.4) is 0 Å². The summed E-state index contributed by atoms with van der Waals surface area (Å²) in [5.74, 6) is 0. The van der Waals surface area contributed by atoms with Crippen LogP contribution in [-0.2, 0) is 6.61 Å². The molecule has 74 valence electrons. The predicted octanol–water partition coefficient (Wildman–Crippen LogP) is 3.29. The maximum atomic E-state index is 9.19. The van der Waals surface area contributed by atoms with E-state index >= 15 is 0 Å². The molecule has 0 spiro atoms. The van der Waals surface area contributed by atoms with Gasteiger partial charge in [0.2, 0.25) is 0 Å². The van der Waals surface area contributed by atoms with Gasteiger partial charge in [-0.2, -0.15) is 0 Å². The average molecular weight is 319 g/mol. The van der Waals surface area contributed by atoms with E-state index in [9.17, 15) is 5.11 Å². The second-order valence-electron chi connectivity index (χ2n) is 3.16. The highest BCUT2D eigenvalue weighted by Crippen LogP contribution is 2.29. The summed E-state index contributed by atoms with van der Waals surface area (Å²) >= 11 is 2.26. The number of aryl methyl sites for hydroxylation is 1. The molecule has 0 aliphatic heterocycles. The molecule has 0 saturated heterocycles. The third kappa shape index (κ3) is 1.55. The van der Waals surface area contributed by atoms with Gasteiger partial charge in [0, 0.05) is 41.4 Å².